The first-order valence-corrected chi connectivity index (χ1v) is 7.54. The Bertz CT molecular complexity index is 581. The molecule has 20 heavy (non-hydrogen) atoms. The Labute approximate surface area is 123 Å². The molecule has 0 aliphatic carbocycles. The van der Waals surface area contributed by atoms with Crippen LogP contribution < -0.4 is 5.32 Å². The molecule has 0 aliphatic heterocycles. The summed E-state index contributed by atoms with van der Waals surface area (Å²) in [4.78, 5) is 12.9. The topological polar surface area (TPSA) is 38.3 Å². The first-order valence-electron chi connectivity index (χ1n) is 6.31. The quantitative estimate of drug-likeness (QED) is 0.843. The molecule has 0 fully saturated rings. The minimum absolute atomic E-state index is 0.273. The van der Waals surface area contributed by atoms with E-state index in [9.17, 15) is 4.79 Å². The van der Waals surface area contributed by atoms with Gasteiger partial charge in [-0.05, 0) is 31.4 Å². The maximum absolute atomic E-state index is 11.7. The average Bonchev–Trinajstić information content (AvgIpc) is 2.48. The van der Waals surface area contributed by atoms with E-state index in [1.54, 1.807) is 11.8 Å². The number of aryl methyl sites for hydroxylation is 1. The lowest BCUT2D eigenvalue weighted by molar-refractivity contribution is 0.154. The highest BCUT2D eigenvalue weighted by molar-refractivity contribution is 7.98. The third-order valence-electron chi connectivity index (χ3n) is 2.85. The Hall–Kier alpha value is -1.94. The Balaban J connectivity index is 1.90. The van der Waals surface area contributed by atoms with Gasteiger partial charge in [0.1, 0.15) is 6.61 Å². The number of ether oxygens (including phenoxy) is 1. The highest BCUT2D eigenvalue weighted by atomic mass is 32.2. The number of anilines is 1. The van der Waals surface area contributed by atoms with Gasteiger partial charge in [-0.25, -0.2) is 4.79 Å². The van der Waals surface area contributed by atoms with E-state index in [4.69, 9.17) is 4.74 Å². The molecule has 0 heterocycles. The van der Waals surface area contributed by atoms with Crippen LogP contribution in [0.25, 0.3) is 0 Å². The molecule has 0 spiro atoms. The number of nitrogens with one attached hydrogen (secondary N) is 1. The Morgan fingerprint density at radius 1 is 1.15 bits per heavy atom. The third kappa shape index (κ3) is 4.03. The van der Waals surface area contributed by atoms with Crippen molar-refractivity contribution in [2.45, 2.75) is 18.4 Å². The number of carbonyl (C=O) groups is 1. The molecule has 0 atom stereocenters. The zero-order chi connectivity index (χ0) is 14.4. The molecule has 4 heteroatoms. The van der Waals surface area contributed by atoms with Crippen LogP contribution >= 0.6 is 11.8 Å². The fraction of sp³-hybridized carbons (Fsp3) is 0.188. The number of carbonyl (C=O) groups excluding carboxylic acids is 1. The van der Waals surface area contributed by atoms with Crippen LogP contribution in [0.1, 0.15) is 11.1 Å². The molecule has 0 saturated carbocycles. The van der Waals surface area contributed by atoms with Gasteiger partial charge in [-0.2, -0.15) is 0 Å². The van der Waals surface area contributed by atoms with Crippen LogP contribution in [-0.4, -0.2) is 12.3 Å². The van der Waals surface area contributed by atoms with Gasteiger partial charge in [-0.3, -0.25) is 5.32 Å². The first kappa shape index (κ1) is 14.5. The lowest BCUT2D eigenvalue weighted by Crippen LogP contribution is -2.13. The van der Waals surface area contributed by atoms with Crippen molar-refractivity contribution in [3.05, 3.63) is 59.7 Å². The predicted octanol–water partition coefficient (Wildman–Crippen LogP) is 4.47. The summed E-state index contributed by atoms with van der Waals surface area (Å²) in [5.74, 6) is 0. The molecular formula is C16H17NO2S. The third-order valence-corrected chi connectivity index (χ3v) is 3.69. The number of benzene rings is 2. The Morgan fingerprint density at radius 3 is 2.55 bits per heavy atom. The van der Waals surface area contributed by atoms with Crippen molar-refractivity contribution in [3.63, 3.8) is 0 Å². The number of thioether (sulfide) groups is 1. The van der Waals surface area contributed by atoms with E-state index in [1.165, 1.54) is 0 Å². The van der Waals surface area contributed by atoms with Gasteiger partial charge >= 0.3 is 6.09 Å². The second-order valence-corrected chi connectivity index (χ2v) is 5.23. The van der Waals surface area contributed by atoms with Crippen LogP contribution in [0.2, 0.25) is 0 Å². The van der Waals surface area contributed by atoms with Crippen LogP contribution in [0.15, 0.2) is 53.4 Å². The standard InChI is InChI=1S/C16H17NO2S/c1-12-7-9-14(10-8-12)17-16(18)19-11-13-5-3-4-6-15(13)20-2/h3-10H,11H2,1-2H3,(H,17,18). The Morgan fingerprint density at radius 2 is 1.85 bits per heavy atom. The Kier molecular flexibility index (Phi) is 5.07. The van der Waals surface area contributed by atoms with Crippen LogP contribution in [0, 0.1) is 6.92 Å². The highest BCUT2D eigenvalue weighted by Gasteiger charge is 2.06. The van der Waals surface area contributed by atoms with E-state index in [0.717, 1.165) is 21.7 Å². The van der Waals surface area contributed by atoms with Crippen LogP contribution in [0.4, 0.5) is 10.5 Å². The summed E-state index contributed by atoms with van der Waals surface area (Å²) in [6.07, 6.45) is 1.57. The molecule has 1 N–H and O–H groups in total. The van der Waals surface area contributed by atoms with Gasteiger partial charge < -0.3 is 4.74 Å². The average molecular weight is 287 g/mol. The molecule has 1 amide bonds. The van der Waals surface area contributed by atoms with Crippen LogP contribution in [0.3, 0.4) is 0 Å². The first-order chi connectivity index (χ1) is 9.69. The van der Waals surface area contributed by atoms with Gasteiger partial charge in [0.25, 0.3) is 0 Å². The van der Waals surface area contributed by atoms with Gasteiger partial charge in [-0.15, -0.1) is 11.8 Å². The molecule has 3 nitrogen and oxygen atoms in total. The van der Waals surface area contributed by atoms with Gasteiger partial charge in [0.05, 0.1) is 0 Å². The molecular weight excluding hydrogens is 270 g/mol. The smallest absolute Gasteiger partial charge is 0.411 e. The zero-order valence-corrected chi connectivity index (χ0v) is 12.4. The minimum Gasteiger partial charge on any atom is -0.444 e. The van der Waals surface area contributed by atoms with Gasteiger partial charge in [0.15, 0.2) is 0 Å². The van der Waals surface area contributed by atoms with Gasteiger partial charge in [0, 0.05) is 16.1 Å². The predicted molar refractivity (Wildman–Crippen MR) is 83.2 cm³/mol. The van der Waals surface area contributed by atoms with Crippen molar-refractivity contribution in [1.82, 2.24) is 0 Å². The maximum Gasteiger partial charge on any atom is 0.411 e. The van der Waals surface area contributed by atoms with Gasteiger partial charge in [0.2, 0.25) is 0 Å². The zero-order valence-electron chi connectivity index (χ0n) is 11.6. The number of hydrogen-bond acceptors (Lipinski definition) is 3. The van der Waals surface area contributed by atoms with E-state index in [1.807, 2.05) is 61.7 Å². The molecule has 104 valence electrons. The number of hydrogen-bond donors (Lipinski definition) is 1. The highest BCUT2D eigenvalue weighted by Crippen LogP contribution is 2.20. The number of amides is 1. The molecule has 0 radical (unpaired) electrons. The van der Waals surface area contributed by atoms with E-state index in [0.29, 0.717) is 0 Å². The van der Waals surface area contributed by atoms with Crippen molar-refractivity contribution in [3.8, 4) is 0 Å². The van der Waals surface area contributed by atoms with Gasteiger partial charge in [-0.1, -0.05) is 35.9 Å². The molecule has 2 rings (SSSR count). The van der Waals surface area contributed by atoms with Crippen molar-refractivity contribution in [1.29, 1.82) is 0 Å². The fourth-order valence-corrected chi connectivity index (χ4v) is 2.36. The SMILES string of the molecule is CSc1ccccc1COC(=O)Nc1ccc(C)cc1. The van der Waals surface area contributed by atoms with E-state index < -0.39 is 6.09 Å². The molecule has 0 aromatic heterocycles. The lowest BCUT2D eigenvalue weighted by atomic mass is 10.2. The second kappa shape index (κ2) is 7.01. The molecule has 2 aromatic rings. The lowest BCUT2D eigenvalue weighted by Gasteiger charge is -2.09. The van der Waals surface area contributed by atoms with E-state index >= 15 is 0 Å². The largest absolute Gasteiger partial charge is 0.444 e. The summed E-state index contributed by atoms with van der Waals surface area (Å²) in [6, 6.07) is 15.5. The number of rotatable bonds is 4. The summed E-state index contributed by atoms with van der Waals surface area (Å²) < 4.78 is 5.24. The fourth-order valence-electron chi connectivity index (χ4n) is 1.76. The van der Waals surface area contributed by atoms with Crippen molar-refractivity contribution < 1.29 is 9.53 Å². The van der Waals surface area contributed by atoms with E-state index in [-0.39, 0.29) is 6.61 Å². The van der Waals surface area contributed by atoms with E-state index in [2.05, 4.69) is 5.32 Å². The summed E-state index contributed by atoms with van der Waals surface area (Å²) >= 11 is 1.64. The summed E-state index contributed by atoms with van der Waals surface area (Å²) in [6.45, 7) is 2.27. The van der Waals surface area contributed by atoms with Crippen LogP contribution in [0.5, 0.6) is 0 Å². The molecule has 2 aromatic carbocycles. The monoisotopic (exact) mass is 287 g/mol. The van der Waals surface area contributed by atoms with Crippen molar-refractivity contribution >= 4 is 23.5 Å². The molecule has 0 bridgehead atoms. The summed E-state index contributed by atoms with van der Waals surface area (Å²) in [5.41, 5.74) is 2.90. The molecule has 0 unspecified atom stereocenters. The summed E-state index contributed by atoms with van der Waals surface area (Å²) in [7, 11) is 0. The van der Waals surface area contributed by atoms with Crippen molar-refractivity contribution in [2.75, 3.05) is 11.6 Å². The second-order valence-electron chi connectivity index (χ2n) is 4.38. The van der Waals surface area contributed by atoms with Crippen LogP contribution in [-0.2, 0) is 11.3 Å². The molecule has 0 saturated heterocycles. The van der Waals surface area contributed by atoms with Crippen molar-refractivity contribution in [2.24, 2.45) is 0 Å². The summed E-state index contributed by atoms with van der Waals surface area (Å²) in [5, 5.41) is 2.71. The maximum atomic E-state index is 11.7. The normalized spacial score (nSPS) is 10.1. The minimum atomic E-state index is -0.440. The molecule has 0 aliphatic rings.